The van der Waals surface area contributed by atoms with Gasteiger partial charge in [0, 0.05) is 41.9 Å². The van der Waals surface area contributed by atoms with Crippen LogP contribution < -0.4 is 5.32 Å². The van der Waals surface area contributed by atoms with Gasteiger partial charge in [-0.2, -0.15) is 0 Å². The molecule has 2 atom stereocenters. The molecule has 0 aliphatic carbocycles. The molecule has 1 aliphatic heterocycles. The van der Waals surface area contributed by atoms with Crippen molar-refractivity contribution in [1.29, 1.82) is 0 Å². The SMILES string of the molecule is CCS(=O)CCNC(=O)N1CCC[C@@H](C(=O)O)C1. The molecule has 1 fully saturated rings. The van der Waals surface area contributed by atoms with Gasteiger partial charge < -0.3 is 15.3 Å². The average Bonchev–Trinajstić information content (AvgIpc) is 2.38. The number of amides is 2. The summed E-state index contributed by atoms with van der Waals surface area (Å²) >= 11 is 0. The van der Waals surface area contributed by atoms with E-state index in [1.54, 1.807) is 0 Å². The van der Waals surface area contributed by atoms with Crippen molar-refractivity contribution in [3.05, 3.63) is 0 Å². The number of likely N-dealkylation sites (tertiary alicyclic amines) is 1. The minimum atomic E-state index is -0.890. The molecule has 1 saturated heterocycles. The van der Waals surface area contributed by atoms with Crippen LogP contribution in [0.2, 0.25) is 0 Å². The van der Waals surface area contributed by atoms with E-state index in [-0.39, 0.29) is 12.6 Å². The van der Waals surface area contributed by atoms with E-state index in [0.717, 1.165) is 0 Å². The van der Waals surface area contributed by atoms with E-state index in [4.69, 9.17) is 5.11 Å². The number of carboxylic acids is 1. The maximum absolute atomic E-state index is 11.8. The highest BCUT2D eigenvalue weighted by Crippen LogP contribution is 2.16. The van der Waals surface area contributed by atoms with Gasteiger partial charge in [0.25, 0.3) is 0 Å². The molecule has 2 N–H and O–H groups in total. The number of rotatable bonds is 5. The first kappa shape index (κ1) is 14.9. The minimum absolute atomic E-state index is 0.256. The number of urea groups is 1. The zero-order valence-electron chi connectivity index (χ0n) is 10.6. The van der Waals surface area contributed by atoms with Crippen LogP contribution >= 0.6 is 0 Å². The molecule has 1 rings (SSSR count). The van der Waals surface area contributed by atoms with Crippen LogP contribution in [0.5, 0.6) is 0 Å². The van der Waals surface area contributed by atoms with E-state index in [2.05, 4.69) is 5.32 Å². The zero-order chi connectivity index (χ0) is 13.5. The molecule has 0 aromatic rings. The predicted octanol–water partition coefficient (Wildman–Crippen LogP) is 0.261. The Hall–Kier alpha value is -1.11. The Bertz CT molecular complexity index is 335. The van der Waals surface area contributed by atoms with Crippen molar-refractivity contribution in [1.82, 2.24) is 10.2 Å². The largest absolute Gasteiger partial charge is 0.481 e. The Morgan fingerprint density at radius 1 is 1.50 bits per heavy atom. The highest BCUT2D eigenvalue weighted by Gasteiger charge is 2.27. The molecule has 1 unspecified atom stereocenters. The van der Waals surface area contributed by atoms with Crippen LogP contribution in [0.25, 0.3) is 0 Å². The lowest BCUT2D eigenvalue weighted by molar-refractivity contribution is -0.143. The van der Waals surface area contributed by atoms with Crippen molar-refractivity contribution in [2.24, 2.45) is 5.92 Å². The lowest BCUT2D eigenvalue weighted by atomic mass is 9.99. The summed E-state index contributed by atoms with van der Waals surface area (Å²) in [5.41, 5.74) is 0. The summed E-state index contributed by atoms with van der Waals surface area (Å²) in [7, 11) is -0.890. The first-order valence-corrected chi connectivity index (χ1v) is 7.64. The zero-order valence-corrected chi connectivity index (χ0v) is 11.4. The van der Waals surface area contributed by atoms with E-state index >= 15 is 0 Å². The molecule has 104 valence electrons. The summed E-state index contributed by atoms with van der Waals surface area (Å²) in [5, 5.41) is 11.6. The molecule has 2 amide bonds. The van der Waals surface area contributed by atoms with E-state index < -0.39 is 22.7 Å². The number of piperidine rings is 1. The third-order valence-corrected chi connectivity index (χ3v) is 4.29. The second kappa shape index (κ2) is 7.35. The maximum atomic E-state index is 11.8. The molecule has 0 saturated carbocycles. The van der Waals surface area contributed by atoms with Gasteiger partial charge in [-0.05, 0) is 12.8 Å². The number of aliphatic carboxylic acids is 1. The van der Waals surface area contributed by atoms with Crippen LogP contribution in [0.15, 0.2) is 0 Å². The Kier molecular flexibility index (Phi) is 6.11. The molecule has 1 aliphatic rings. The number of hydrogen-bond donors (Lipinski definition) is 2. The van der Waals surface area contributed by atoms with Gasteiger partial charge in [-0.15, -0.1) is 0 Å². The third-order valence-electron chi connectivity index (χ3n) is 2.99. The van der Waals surface area contributed by atoms with Crippen molar-refractivity contribution < 1.29 is 18.9 Å². The fourth-order valence-electron chi connectivity index (χ4n) is 1.89. The fourth-order valence-corrected chi connectivity index (χ4v) is 2.51. The van der Waals surface area contributed by atoms with E-state index in [0.29, 0.717) is 37.4 Å². The molecule has 18 heavy (non-hydrogen) atoms. The minimum Gasteiger partial charge on any atom is -0.481 e. The number of nitrogens with zero attached hydrogens (tertiary/aromatic N) is 1. The van der Waals surface area contributed by atoms with Gasteiger partial charge in [0.05, 0.1) is 5.92 Å². The summed E-state index contributed by atoms with van der Waals surface area (Å²) in [6.07, 6.45) is 1.34. The molecule has 1 heterocycles. The Labute approximate surface area is 109 Å². The van der Waals surface area contributed by atoms with Gasteiger partial charge in [0.15, 0.2) is 0 Å². The van der Waals surface area contributed by atoms with Gasteiger partial charge in [0.1, 0.15) is 0 Å². The summed E-state index contributed by atoms with van der Waals surface area (Å²) < 4.78 is 11.2. The van der Waals surface area contributed by atoms with Crippen molar-refractivity contribution >= 4 is 22.8 Å². The number of nitrogens with one attached hydrogen (secondary N) is 1. The van der Waals surface area contributed by atoms with E-state index in [1.807, 2.05) is 6.92 Å². The Morgan fingerprint density at radius 3 is 2.83 bits per heavy atom. The van der Waals surface area contributed by atoms with E-state index in [9.17, 15) is 13.8 Å². The molecule has 0 aromatic carbocycles. The summed E-state index contributed by atoms with van der Waals surface area (Å²) in [6, 6.07) is -0.256. The summed E-state index contributed by atoms with van der Waals surface area (Å²) in [6.45, 7) is 3.05. The smallest absolute Gasteiger partial charge is 0.317 e. The van der Waals surface area contributed by atoms with Gasteiger partial charge >= 0.3 is 12.0 Å². The highest BCUT2D eigenvalue weighted by atomic mass is 32.2. The van der Waals surface area contributed by atoms with Crippen LogP contribution in [0.4, 0.5) is 4.79 Å². The van der Waals surface area contributed by atoms with Gasteiger partial charge in [-0.25, -0.2) is 4.79 Å². The second-order valence-electron chi connectivity index (χ2n) is 4.29. The van der Waals surface area contributed by atoms with Crippen LogP contribution in [0, 0.1) is 5.92 Å². The number of hydrogen-bond acceptors (Lipinski definition) is 3. The average molecular weight is 276 g/mol. The normalized spacial score (nSPS) is 21.4. The van der Waals surface area contributed by atoms with Crippen molar-refractivity contribution in [2.45, 2.75) is 19.8 Å². The van der Waals surface area contributed by atoms with Crippen LogP contribution in [0.3, 0.4) is 0 Å². The lowest BCUT2D eigenvalue weighted by Crippen LogP contribution is -2.47. The third kappa shape index (κ3) is 4.64. The highest BCUT2D eigenvalue weighted by molar-refractivity contribution is 7.84. The molecule has 0 radical (unpaired) electrons. The monoisotopic (exact) mass is 276 g/mol. The standard InChI is InChI=1S/C11H20N2O4S/c1-2-18(17)7-5-12-11(16)13-6-3-4-9(8-13)10(14)15/h9H,2-8H2,1H3,(H,12,16)(H,14,15)/t9-,18?/m1/s1. The van der Waals surface area contributed by atoms with Crippen molar-refractivity contribution in [3.63, 3.8) is 0 Å². The number of carbonyl (C=O) groups excluding carboxylic acids is 1. The van der Waals surface area contributed by atoms with E-state index in [1.165, 1.54) is 4.90 Å². The van der Waals surface area contributed by atoms with Crippen molar-refractivity contribution in [2.75, 3.05) is 31.1 Å². The van der Waals surface area contributed by atoms with Crippen LogP contribution in [-0.4, -0.2) is 57.4 Å². The first-order valence-electron chi connectivity index (χ1n) is 6.15. The molecule has 0 bridgehead atoms. The van der Waals surface area contributed by atoms with Gasteiger partial charge in [0.2, 0.25) is 0 Å². The molecule has 6 nitrogen and oxygen atoms in total. The second-order valence-corrected chi connectivity index (χ2v) is 6.15. The Balaban J connectivity index is 2.32. The fraction of sp³-hybridized carbons (Fsp3) is 0.818. The quantitative estimate of drug-likeness (QED) is 0.754. The van der Waals surface area contributed by atoms with Gasteiger partial charge in [-0.1, -0.05) is 6.92 Å². The number of carboxylic acid groups (broad SMARTS) is 1. The summed E-state index contributed by atoms with van der Waals surface area (Å²) in [5.74, 6) is -0.284. The van der Waals surface area contributed by atoms with Gasteiger partial charge in [-0.3, -0.25) is 9.00 Å². The van der Waals surface area contributed by atoms with Crippen LogP contribution in [0.1, 0.15) is 19.8 Å². The molecule has 7 heteroatoms. The Morgan fingerprint density at radius 2 is 2.22 bits per heavy atom. The molecular formula is C11H20N2O4S. The summed E-state index contributed by atoms with van der Waals surface area (Å²) in [4.78, 5) is 24.2. The molecular weight excluding hydrogens is 256 g/mol. The predicted molar refractivity (Wildman–Crippen MR) is 68.9 cm³/mol. The topological polar surface area (TPSA) is 86.7 Å². The molecule has 0 spiro atoms. The molecule has 0 aromatic heterocycles. The first-order chi connectivity index (χ1) is 8.54. The van der Waals surface area contributed by atoms with Crippen molar-refractivity contribution in [3.8, 4) is 0 Å². The maximum Gasteiger partial charge on any atom is 0.317 e. The lowest BCUT2D eigenvalue weighted by Gasteiger charge is -2.30. The number of carbonyl (C=O) groups is 2. The van der Waals surface area contributed by atoms with Crippen LogP contribution in [-0.2, 0) is 15.6 Å².